The van der Waals surface area contributed by atoms with Gasteiger partial charge in [-0.05, 0) is 48.4 Å². The first-order chi connectivity index (χ1) is 16.7. The van der Waals surface area contributed by atoms with Crippen molar-refractivity contribution < 1.29 is 23.0 Å². The molecule has 1 heterocycles. The van der Waals surface area contributed by atoms with Crippen molar-refractivity contribution in [1.82, 2.24) is 5.32 Å². The number of rotatable bonds is 8. The van der Waals surface area contributed by atoms with Gasteiger partial charge in [0.25, 0.3) is 0 Å². The van der Waals surface area contributed by atoms with Crippen LogP contribution in [0.15, 0.2) is 87.6 Å². The van der Waals surface area contributed by atoms with E-state index >= 15 is 0 Å². The first kappa shape index (κ1) is 25.1. The predicted molar refractivity (Wildman–Crippen MR) is 131 cm³/mol. The largest absolute Gasteiger partial charge is 0.489 e. The molecule has 0 saturated heterocycles. The van der Waals surface area contributed by atoms with Crippen molar-refractivity contribution in [3.05, 3.63) is 89.5 Å². The van der Waals surface area contributed by atoms with E-state index < -0.39 is 23.3 Å². The topological polar surface area (TPSA) is 79.9 Å². The van der Waals surface area contributed by atoms with Crippen LogP contribution in [0.5, 0.6) is 5.75 Å². The number of hydrogen-bond donors (Lipinski definition) is 3. The van der Waals surface area contributed by atoms with Gasteiger partial charge in [-0.3, -0.25) is 4.99 Å². The quantitative estimate of drug-likeness (QED) is 0.396. The number of halogens is 3. The maximum absolute atomic E-state index is 14.0. The zero-order valence-corrected chi connectivity index (χ0v) is 19.9. The molecule has 0 aliphatic carbocycles. The van der Waals surface area contributed by atoms with Gasteiger partial charge in [0.1, 0.15) is 18.2 Å². The van der Waals surface area contributed by atoms with Gasteiger partial charge >= 0.3 is 6.18 Å². The van der Waals surface area contributed by atoms with Crippen molar-refractivity contribution in [3.8, 4) is 5.75 Å². The molecule has 3 aromatic carbocycles. The molecule has 184 valence electrons. The molecular formula is C26H26F3N3O2S. The monoisotopic (exact) mass is 501 g/mol. The Bertz CT molecular complexity index is 1200. The van der Waals surface area contributed by atoms with Gasteiger partial charge in [0.2, 0.25) is 0 Å². The van der Waals surface area contributed by atoms with Gasteiger partial charge in [0.05, 0.1) is 30.3 Å². The summed E-state index contributed by atoms with van der Waals surface area (Å²) in [6.07, 6.45) is -4.53. The van der Waals surface area contributed by atoms with Crippen LogP contribution in [0.1, 0.15) is 29.7 Å². The van der Waals surface area contributed by atoms with Crippen LogP contribution < -0.4 is 15.8 Å². The molecule has 0 saturated carbocycles. The molecular weight excluding hydrogens is 475 g/mol. The lowest BCUT2D eigenvalue weighted by Gasteiger charge is -2.24. The number of aliphatic imine (C=N–C) groups is 1. The SMILES string of the molecule is C[C@](N)(CO)C1=NCC(c2ccc(Sc3cccc(OCc4ccccc4)c3)c(C(F)(F)F)c2)N1. The van der Waals surface area contributed by atoms with Gasteiger partial charge in [0.15, 0.2) is 0 Å². The van der Waals surface area contributed by atoms with Crippen LogP contribution in [0, 0.1) is 0 Å². The summed E-state index contributed by atoms with van der Waals surface area (Å²) in [5.41, 5.74) is 5.66. The van der Waals surface area contributed by atoms with E-state index in [1.54, 1.807) is 37.3 Å². The van der Waals surface area contributed by atoms with Crippen molar-refractivity contribution in [2.75, 3.05) is 13.2 Å². The second kappa shape index (κ2) is 10.3. The standard InChI is InChI=1S/C26H26F3N3O2S/c1-25(30,16-33)24-31-14-22(32-24)18-10-11-23(21(12-18)26(27,28)29)35-20-9-5-8-19(13-20)34-15-17-6-3-2-4-7-17/h2-13,22,33H,14-16,30H2,1H3,(H,31,32)/t22?,25-/m0/s1. The van der Waals surface area contributed by atoms with Crippen LogP contribution in [0.3, 0.4) is 0 Å². The number of nitrogens with zero attached hydrogens (tertiary/aromatic N) is 1. The van der Waals surface area contributed by atoms with Crippen LogP contribution in [-0.2, 0) is 12.8 Å². The third kappa shape index (κ3) is 6.17. The van der Waals surface area contributed by atoms with E-state index in [1.165, 1.54) is 6.07 Å². The maximum Gasteiger partial charge on any atom is 0.417 e. The zero-order valence-electron chi connectivity index (χ0n) is 19.0. The maximum atomic E-state index is 14.0. The van der Waals surface area contributed by atoms with Crippen molar-refractivity contribution in [1.29, 1.82) is 0 Å². The predicted octanol–water partition coefficient (Wildman–Crippen LogP) is 5.19. The van der Waals surface area contributed by atoms with Gasteiger partial charge in [0, 0.05) is 9.79 Å². The summed E-state index contributed by atoms with van der Waals surface area (Å²) in [5.74, 6) is 0.960. The zero-order chi connectivity index (χ0) is 25.1. The minimum absolute atomic E-state index is 0.0969. The average molecular weight is 502 g/mol. The summed E-state index contributed by atoms with van der Waals surface area (Å²) in [6.45, 7) is 1.89. The molecule has 0 spiro atoms. The molecule has 9 heteroatoms. The number of alkyl halides is 3. The van der Waals surface area contributed by atoms with Crippen molar-refractivity contribution >= 4 is 17.6 Å². The number of nitrogens with two attached hydrogens (primary N) is 1. The van der Waals surface area contributed by atoms with E-state index in [1.807, 2.05) is 30.3 Å². The molecule has 0 radical (unpaired) electrons. The molecule has 1 unspecified atom stereocenters. The van der Waals surface area contributed by atoms with Crippen LogP contribution in [0.4, 0.5) is 13.2 Å². The molecule has 1 aliphatic heterocycles. The molecule has 0 fully saturated rings. The second-order valence-corrected chi connectivity index (χ2v) is 9.68. The number of nitrogens with one attached hydrogen (secondary N) is 1. The molecule has 4 N–H and O–H groups in total. The number of benzene rings is 3. The van der Waals surface area contributed by atoms with Crippen LogP contribution in [0.25, 0.3) is 0 Å². The molecule has 0 aromatic heterocycles. The molecule has 3 aromatic rings. The molecule has 0 amide bonds. The molecule has 1 aliphatic rings. The Hall–Kier alpha value is -3.01. The third-order valence-corrected chi connectivity index (χ3v) is 6.67. The van der Waals surface area contributed by atoms with Gasteiger partial charge < -0.3 is 20.9 Å². The van der Waals surface area contributed by atoms with Crippen molar-refractivity contribution in [2.45, 2.75) is 41.1 Å². The Morgan fingerprint density at radius 1 is 1.09 bits per heavy atom. The van der Waals surface area contributed by atoms with E-state index in [0.29, 0.717) is 28.7 Å². The Labute approximate surface area is 206 Å². The number of aliphatic hydroxyl groups is 1. The highest BCUT2D eigenvalue weighted by Crippen LogP contribution is 2.41. The summed E-state index contributed by atoms with van der Waals surface area (Å²) >= 11 is 1.03. The summed E-state index contributed by atoms with van der Waals surface area (Å²) in [7, 11) is 0. The fourth-order valence-corrected chi connectivity index (χ4v) is 4.61. The van der Waals surface area contributed by atoms with Crippen LogP contribution >= 0.6 is 11.8 Å². The molecule has 35 heavy (non-hydrogen) atoms. The highest BCUT2D eigenvalue weighted by atomic mass is 32.2. The minimum Gasteiger partial charge on any atom is -0.489 e. The fourth-order valence-electron chi connectivity index (χ4n) is 3.62. The van der Waals surface area contributed by atoms with E-state index in [9.17, 15) is 18.3 Å². The van der Waals surface area contributed by atoms with Crippen LogP contribution in [0.2, 0.25) is 0 Å². The molecule has 5 nitrogen and oxygen atoms in total. The lowest BCUT2D eigenvalue weighted by atomic mass is 10.0. The lowest BCUT2D eigenvalue weighted by Crippen LogP contribution is -2.53. The summed E-state index contributed by atoms with van der Waals surface area (Å²) < 4.78 is 47.8. The first-order valence-electron chi connectivity index (χ1n) is 11.0. The highest BCUT2D eigenvalue weighted by molar-refractivity contribution is 7.99. The number of hydrogen-bond acceptors (Lipinski definition) is 6. The van der Waals surface area contributed by atoms with Gasteiger partial charge in [-0.15, -0.1) is 0 Å². The number of ether oxygens (including phenoxy) is 1. The van der Waals surface area contributed by atoms with Gasteiger partial charge in [-0.1, -0.05) is 54.2 Å². The summed E-state index contributed by atoms with van der Waals surface area (Å²) in [5, 5.41) is 12.5. The molecule has 0 bridgehead atoms. The minimum atomic E-state index is -4.53. The number of aliphatic hydroxyl groups excluding tert-OH is 1. The van der Waals surface area contributed by atoms with E-state index in [2.05, 4.69) is 10.3 Å². The van der Waals surface area contributed by atoms with Gasteiger partial charge in [-0.25, -0.2) is 0 Å². The van der Waals surface area contributed by atoms with E-state index in [4.69, 9.17) is 10.5 Å². The highest BCUT2D eigenvalue weighted by Gasteiger charge is 2.36. The Morgan fingerprint density at radius 2 is 1.86 bits per heavy atom. The fraction of sp³-hybridized carbons (Fsp3) is 0.269. The van der Waals surface area contributed by atoms with E-state index in [0.717, 1.165) is 23.4 Å². The smallest absolute Gasteiger partial charge is 0.417 e. The Morgan fingerprint density at radius 3 is 2.57 bits per heavy atom. The summed E-state index contributed by atoms with van der Waals surface area (Å²) in [4.78, 5) is 5.02. The first-order valence-corrected chi connectivity index (χ1v) is 11.8. The lowest BCUT2D eigenvalue weighted by molar-refractivity contribution is -0.139. The molecule has 4 rings (SSSR count). The Kier molecular flexibility index (Phi) is 7.39. The van der Waals surface area contributed by atoms with Crippen molar-refractivity contribution in [2.24, 2.45) is 10.7 Å². The molecule has 2 atom stereocenters. The normalized spacial score (nSPS) is 17.4. The van der Waals surface area contributed by atoms with E-state index in [-0.39, 0.29) is 18.0 Å². The van der Waals surface area contributed by atoms with Crippen molar-refractivity contribution in [3.63, 3.8) is 0 Å². The van der Waals surface area contributed by atoms with Crippen LogP contribution in [-0.4, -0.2) is 29.6 Å². The summed E-state index contributed by atoms with van der Waals surface area (Å²) in [6, 6.07) is 20.5. The Balaban J connectivity index is 1.51. The average Bonchev–Trinajstić information content (AvgIpc) is 3.35. The second-order valence-electron chi connectivity index (χ2n) is 8.57. The third-order valence-electron chi connectivity index (χ3n) is 5.61. The van der Waals surface area contributed by atoms with Gasteiger partial charge in [-0.2, -0.15) is 13.2 Å². The number of amidine groups is 1.